The normalized spacial score (nSPS) is 19.4. The molecular formula is C38H66N2O4. The molecule has 0 heterocycles. The minimum Gasteiger partial charge on any atom is -0.465 e. The van der Waals surface area contributed by atoms with E-state index in [1.807, 2.05) is 12.1 Å². The van der Waals surface area contributed by atoms with Crippen LogP contribution in [0.1, 0.15) is 168 Å². The van der Waals surface area contributed by atoms with E-state index >= 15 is 0 Å². The van der Waals surface area contributed by atoms with Crippen LogP contribution in [0.15, 0.2) is 18.2 Å². The smallest absolute Gasteiger partial charge is 0.412 e. The SMILES string of the molecule is CCCCCCCCCCc1cccc(OC(=O)NCC2(C)CC(NC(=O)O)CC(C)(C)C2)c1CCCCCCCCCC. The van der Waals surface area contributed by atoms with E-state index in [-0.39, 0.29) is 16.9 Å². The van der Waals surface area contributed by atoms with Gasteiger partial charge in [0.25, 0.3) is 0 Å². The molecule has 1 saturated carbocycles. The summed E-state index contributed by atoms with van der Waals surface area (Å²) < 4.78 is 6.01. The van der Waals surface area contributed by atoms with Gasteiger partial charge in [-0.3, -0.25) is 0 Å². The van der Waals surface area contributed by atoms with Crippen molar-refractivity contribution in [1.82, 2.24) is 10.6 Å². The van der Waals surface area contributed by atoms with Crippen LogP contribution in [-0.4, -0.2) is 29.9 Å². The van der Waals surface area contributed by atoms with Gasteiger partial charge in [-0.2, -0.15) is 0 Å². The van der Waals surface area contributed by atoms with E-state index in [2.05, 4.69) is 51.3 Å². The Hall–Kier alpha value is -2.24. The van der Waals surface area contributed by atoms with Gasteiger partial charge in [-0.1, -0.05) is 137 Å². The zero-order valence-electron chi connectivity index (χ0n) is 29.0. The molecule has 0 radical (unpaired) electrons. The second-order valence-corrected chi connectivity index (χ2v) is 14.8. The average Bonchev–Trinajstić information content (AvgIpc) is 2.94. The summed E-state index contributed by atoms with van der Waals surface area (Å²) in [4.78, 5) is 24.5. The Bertz CT molecular complexity index is 962. The molecule has 6 heteroatoms. The summed E-state index contributed by atoms with van der Waals surface area (Å²) in [5.41, 5.74) is 2.30. The topological polar surface area (TPSA) is 87.7 Å². The Labute approximate surface area is 269 Å². The minimum absolute atomic E-state index is 0.0152. The fourth-order valence-corrected chi connectivity index (χ4v) is 7.58. The number of hydrogen-bond donors (Lipinski definition) is 3. The molecule has 2 atom stereocenters. The Balaban J connectivity index is 1.98. The molecular weight excluding hydrogens is 548 g/mol. The lowest BCUT2D eigenvalue weighted by Crippen LogP contribution is -2.50. The summed E-state index contributed by atoms with van der Waals surface area (Å²) in [5.74, 6) is 0.696. The first-order chi connectivity index (χ1) is 21.1. The zero-order valence-corrected chi connectivity index (χ0v) is 29.0. The number of unbranched alkanes of at least 4 members (excludes halogenated alkanes) is 14. The van der Waals surface area contributed by atoms with E-state index in [4.69, 9.17) is 4.74 Å². The lowest BCUT2D eigenvalue weighted by atomic mass is 9.62. The van der Waals surface area contributed by atoms with Gasteiger partial charge in [0.05, 0.1) is 0 Å². The van der Waals surface area contributed by atoms with E-state index in [0.29, 0.717) is 18.7 Å². The zero-order chi connectivity index (χ0) is 32.3. The summed E-state index contributed by atoms with van der Waals surface area (Å²) in [6.45, 7) is 11.5. The molecule has 1 aromatic rings. The first kappa shape index (κ1) is 37.9. The van der Waals surface area contributed by atoms with Crippen molar-refractivity contribution >= 4 is 12.2 Å². The number of carbonyl (C=O) groups is 2. The van der Waals surface area contributed by atoms with Crippen LogP contribution in [0.25, 0.3) is 0 Å². The number of ether oxygens (including phenoxy) is 1. The Kier molecular flexibility index (Phi) is 17.9. The number of carboxylic acid groups (broad SMARTS) is 1. The molecule has 252 valence electrons. The molecule has 44 heavy (non-hydrogen) atoms. The highest BCUT2D eigenvalue weighted by molar-refractivity contribution is 5.71. The molecule has 3 N–H and O–H groups in total. The van der Waals surface area contributed by atoms with Gasteiger partial charge in [-0.05, 0) is 73.0 Å². The molecule has 1 fully saturated rings. The second-order valence-electron chi connectivity index (χ2n) is 14.8. The summed E-state index contributed by atoms with van der Waals surface area (Å²) >= 11 is 0. The predicted molar refractivity (Wildman–Crippen MR) is 184 cm³/mol. The largest absolute Gasteiger partial charge is 0.465 e. The van der Waals surface area contributed by atoms with Gasteiger partial charge < -0.3 is 20.5 Å². The molecule has 0 bridgehead atoms. The lowest BCUT2D eigenvalue weighted by molar-refractivity contribution is 0.0695. The number of carbonyl (C=O) groups excluding carboxylic acids is 1. The Morgan fingerprint density at radius 1 is 0.795 bits per heavy atom. The summed E-state index contributed by atoms with van der Waals surface area (Å²) in [6.07, 6.45) is 23.6. The third kappa shape index (κ3) is 15.7. The quantitative estimate of drug-likeness (QED) is 0.113. The van der Waals surface area contributed by atoms with Crippen molar-refractivity contribution in [2.75, 3.05) is 6.54 Å². The van der Waals surface area contributed by atoms with Crippen molar-refractivity contribution in [1.29, 1.82) is 0 Å². The third-order valence-corrected chi connectivity index (χ3v) is 9.44. The van der Waals surface area contributed by atoms with Crippen molar-refractivity contribution in [2.45, 2.75) is 175 Å². The monoisotopic (exact) mass is 615 g/mol. The van der Waals surface area contributed by atoms with Crippen molar-refractivity contribution < 1.29 is 19.4 Å². The van der Waals surface area contributed by atoms with E-state index < -0.39 is 12.2 Å². The van der Waals surface area contributed by atoms with Gasteiger partial charge in [0.1, 0.15) is 5.75 Å². The summed E-state index contributed by atoms with van der Waals surface area (Å²) in [7, 11) is 0. The molecule has 0 aliphatic heterocycles. The van der Waals surface area contributed by atoms with E-state index in [9.17, 15) is 14.7 Å². The lowest BCUT2D eigenvalue weighted by Gasteiger charge is -2.46. The fourth-order valence-electron chi connectivity index (χ4n) is 7.58. The van der Waals surface area contributed by atoms with Crippen molar-refractivity contribution in [3.05, 3.63) is 29.3 Å². The molecule has 0 spiro atoms. The van der Waals surface area contributed by atoms with Gasteiger partial charge in [0.15, 0.2) is 0 Å². The van der Waals surface area contributed by atoms with Crippen molar-refractivity contribution in [3.63, 3.8) is 0 Å². The fraction of sp³-hybridized carbons (Fsp3) is 0.789. The van der Waals surface area contributed by atoms with Gasteiger partial charge >= 0.3 is 12.2 Å². The van der Waals surface area contributed by atoms with E-state index in [1.165, 1.54) is 107 Å². The number of aryl methyl sites for hydroxylation is 1. The van der Waals surface area contributed by atoms with Crippen LogP contribution in [0.3, 0.4) is 0 Å². The van der Waals surface area contributed by atoms with Crippen LogP contribution in [0.4, 0.5) is 9.59 Å². The number of hydrogen-bond acceptors (Lipinski definition) is 3. The maximum atomic E-state index is 13.1. The molecule has 0 aromatic heterocycles. The highest BCUT2D eigenvalue weighted by atomic mass is 16.6. The van der Waals surface area contributed by atoms with Crippen LogP contribution < -0.4 is 15.4 Å². The van der Waals surface area contributed by atoms with Gasteiger partial charge in [0.2, 0.25) is 0 Å². The molecule has 1 aliphatic rings. The molecule has 2 amide bonds. The Morgan fingerprint density at radius 3 is 1.91 bits per heavy atom. The highest BCUT2D eigenvalue weighted by Crippen LogP contribution is 2.45. The van der Waals surface area contributed by atoms with E-state index in [1.54, 1.807) is 0 Å². The first-order valence-electron chi connectivity index (χ1n) is 18.1. The number of amides is 2. The first-order valence-corrected chi connectivity index (χ1v) is 18.1. The minimum atomic E-state index is -0.988. The predicted octanol–water partition coefficient (Wildman–Crippen LogP) is 11.0. The molecule has 6 nitrogen and oxygen atoms in total. The van der Waals surface area contributed by atoms with Gasteiger partial charge in [-0.15, -0.1) is 0 Å². The van der Waals surface area contributed by atoms with Crippen LogP contribution in [0.5, 0.6) is 5.75 Å². The maximum absolute atomic E-state index is 13.1. The number of nitrogens with one attached hydrogen (secondary N) is 2. The molecule has 1 aromatic carbocycles. The molecule has 1 aliphatic carbocycles. The molecule has 2 rings (SSSR count). The second kappa shape index (κ2) is 20.7. The van der Waals surface area contributed by atoms with Crippen LogP contribution in [0, 0.1) is 10.8 Å². The maximum Gasteiger partial charge on any atom is 0.412 e. The standard InChI is InChI=1S/C38H66N2O4/c1-6-8-10-12-14-16-18-20-23-31-24-22-26-34(33(31)25-21-19-17-15-13-11-9-7-2)44-36(43)39-30-38(5)28-32(40-35(41)42)27-37(3,4)29-38/h22,24,26,32,40H,6-21,23,25,27-30H2,1-5H3,(H,39,43)(H,41,42). The average molecular weight is 615 g/mol. The van der Waals surface area contributed by atoms with Crippen LogP contribution in [0.2, 0.25) is 0 Å². The summed E-state index contributed by atoms with van der Waals surface area (Å²) in [6, 6.07) is 6.10. The van der Waals surface area contributed by atoms with Crippen LogP contribution in [-0.2, 0) is 12.8 Å². The summed E-state index contributed by atoms with van der Waals surface area (Å²) in [5, 5.41) is 15.0. The number of benzene rings is 1. The highest BCUT2D eigenvalue weighted by Gasteiger charge is 2.42. The third-order valence-electron chi connectivity index (χ3n) is 9.44. The molecule has 2 unspecified atom stereocenters. The van der Waals surface area contributed by atoms with Crippen LogP contribution >= 0.6 is 0 Å². The van der Waals surface area contributed by atoms with Crippen molar-refractivity contribution in [2.24, 2.45) is 10.8 Å². The van der Waals surface area contributed by atoms with Gasteiger partial charge in [-0.25, -0.2) is 9.59 Å². The Morgan fingerprint density at radius 2 is 1.34 bits per heavy atom. The number of rotatable bonds is 22. The van der Waals surface area contributed by atoms with Gasteiger partial charge in [0, 0.05) is 12.6 Å². The van der Waals surface area contributed by atoms with E-state index in [0.717, 1.165) is 32.1 Å². The van der Waals surface area contributed by atoms with Crippen molar-refractivity contribution in [3.8, 4) is 5.75 Å². The molecule has 0 saturated heterocycles.